The molecule has 2 heterocycles. The lowest BCUT2D eigenvalue weighted by Crippen LogP contribution is -2.33. The molecule has 1 unspecified atom stereocenters. The molecule has 6 nitrogen and oxygen atoms in total. The summed E-state index contributed by atoms with van der Waals surface area (Å²) in [7, 11) is 1.58. The van der Waals surface area contributed by atoms with Gasteiger partial charge in [0.2, 0.25) is 5.91 Å². The molecule has 1 fully saturated rings. The minimum atomic E-state index is -0.956. The Morgan fingerprint density at radius 3 is 2.49 bits per heavy atom. The Morgan fingerprint density at radius 2 is 1.80 bits per heavy atom. The second-order valence-electron chi connectivity index (χ2n) is 9.67. The lowest BCUT2D eigenvalue weighted by molar-refractivity contribution is -0.133. The average molecular weight is 477 g/mol. The van der Waals surface area contributed by atoms with Crippen LogP contribution in [0.25, 0.3) is 10.9 Å². The smallest absolute Gasteiger partial charge is 0.335 e. The van der Waals surface area contributed by atoms with Crippen LogP contribution in [0.5, 0.6) is 5.75 Å². The van der Waals surface area contributed by atoms with E-state index in [4.69, 9.17) is 4.74 Å². The number of likely N-dealkylation sites (tertiary alicyclic amines) is 1. The number of aromatic carboxylic acids is 1. The van der Waals surface area contributed by atoms with Crippen molar-refractivity contribution < 1.29 is 19.4 Å². The highest BCUT2D eigenvalue weighted by Gasteiger charge is 2.23. The molecule has 1 saturated heterocycles. The van der Waals surface area contributed by atoms with E-state index in [0.29, 0.717) is 5.75 Å². The third kappa shape index (κ3) is 5.53. The second-order valence-corrected chi connectivity index (χ2v) is 9.67. The molecular formula is C29H36N2O4. The van der Waals surface area contributed by atoms with Crippen LogP contribution in [-0.4, -0.2) is 46.6 Å². The number of rotatable bonds is 10. The number of aryl methyl sites for hydroxylation is 3. The van der Waals surface area contributed by atoms with Crippen LogP contribution in [0.1, 0.15) is 60.2 Å². The molecule has 0 aliphatic carbocycles. The number of carbonyl (C=O) groups excluding carboxylic acids is 1. The zero-order chi connectivity index (χ0) is 24.9. The van der Waals surface area contributed by atoms with Gasteiger partial charge in [-0.3, -0.25) is 4.79 Å². The molecule has 4 rings (SSSR count). The standard InChI is InChI=1S/C29H36N2O4/c1-4-13-31-19-24(11-9-22-8-10-23(29(33)34)18-27(22)35-3)25-17-21(7-12-26(25)31)16-20(2)28(32)30-14-5-6-15-30/h7-8,10,12,17-20H,4-6,9,11,13-16H2,1-3H3,(H,33,34). The summed E-state index contributed by atoms with van der Waals surface area (Å²) in [6.07, 6.45) is 7.84. The molecule has 0 spiro atoms. The fourth-order valence-corrected chi connectivity index (χ4v) is 5.21. The van der Waals surface area contributed by atoms with Crippen molar-refractivity contribution in [1.29, 1.82) is 0 Å². The summed E-state index contributed by atoms with van der Waals surface area (Å²) in [6.45, 7) is 6.96. The van der Waals surface area contributed by atoms with E-state index in [1.165, 1.54) is 22.0 Å². The van der Waals surface area contributed by atoms with Gasteiger partial charge in [0.05, 0.1) is 12.7 Å². The Morgan fingerprint density at radius 1 is 1.06 bits per heavy atom. The molecule has 1 N–H and O–H groups in total. The van der Waals surface area contributed by atoms with Gasteiger partial charge in [0.15, 0.2) is 0 Å². The number of aromatic nitrogens is 1. The fourth-order valence-electron chi connectivity index (χ4n) is 5.21. The number of nitrogens with zero attached hydrogens (tertiary/aromatic N) is 2. The van der Waals surface area contributed by atoms with Crippen LogP contribution in [-0.2, 0) is 30.6 Å². The Bertz CT molecular complexity index is 1210. The summed E-state index contributed by atoms with van der Waals surface area (Å²) < 4.78 is 7.80. The Kier molecular flexibility index (Phi) is 7.79. The Labute approximate surface area is 207 Å². The molecule has 1 aromatic heterocycles. The minimum Gasteiger partial charge on any atom is -0.496 e. The van der Waals surface area contributed by atoms with E-state index in [1.807, 2.05) is 17.9 Å². The molecule has 0 radical (unpaired) electrons. The Hall–Kier alpha value is -3.28. The van der Waals surface area contributed by atoms with Gasteiger partial charge in [-0.2, -0.15) is 0 Å². The van der Waals surface area contributed by atoms with E-state index >= 15 is 0 Å². The maximum absolute atomic E-state index is 12.8. The van der Waals surface area contributed by atoms with Crippen molar-refractivity contribution in [2.45, 2.75) is 58.9 Å². The molecule has 2 aromatic carbocycles. The highest BCUT2D eigenvalue weighted by molar-refractivity contribution is 5.88. The molecule has 1 atom stereocenters. The van der Waals surface area contributed by atoms with Crippen molar-refractivity contribution in [2.24, 2.45) is 5.92 Å². The average Bonchev–Trinajstić information content (AvgIpc) is 3.51. The number of carboxylic acids is 1. The van der Waals surface area contributed by atoms with Gasteiger partial charge < -0.3 is 19.3 Å². The SMILES string of the molecule is CCCn1cc(CCc2ccc(C(=O)O)cc2OC)c2cc(CC(C)C(=O)N3CCCC3)ccc21. The molecule has 0 saturated carbocycles. The second kappa shape index (κ2) is 11.0. The summed E-state index contributed by atoms with van der Waals surface area (Å²) in [6, 6.07) is 11.7. The van der Waals surface area contributed by atoms with Crippen LogP contribution in [0.2, 0.25) is 0 Å². The highest BCUT2D eigenvalue weighted by atomic mass is 16.5. The third-order valence-electron chi connectivity index (χ3n) is 7.07. The van der Waals surface area contributed by atoms with E-state index in [0.717, 1.165) is 63.7 Å². The predicted octanol–water partition coefficient (Wildman–Crippen LogP) is 5.34. The van der Waals surface area contributed by atoms with E-state index < -0.39 is 5.97 Å². The van der Waals surface area contributed by atoms with Crippen LogP contribution >= 0.6 is 0 Å². The van der Waals surface area contributed by atoms with Crippen molar-refractivity contribution in [3.8, 4) is 5.75 Å². The number of fused-ring (bicyclic) bond motifs is 1. The minimum absolute atomic E-state index is 0.0243. The maximum atomic E-state index is 12.8. The lowest BCUT2D eigenvalue weighted by Gasteiger charge is -2.20. The largest absolute Gasteiger partial charge is 0.496 e. The first-order valence-electron chi connectivity index (χ1n) is 12.7. The summed E-state index contributed by atoms with van der Waals surface area (Å²) in [5, 5.41) is 10.5. The van der Waals surface area contributed by atoms with Gasteiger partial charge in [0.1, 0.15) is 5.75 Å². The van der Waals surface area contributed by atoms with Crippen molar-refractivity contribution >= 4 is 22.8 Å². The monoisotopic (exact) mass is 476 g/mol. The molecule has 1 amide bonds. The quantitative estimate of drug-likeness (QED) is 0.428. The molecule has 6 heteroatoms. The van der Waals surface area contributed by atoms with Crippen molar-refractivity contribution in [3.63, 3.8) is 0 Å². The molecule has 3 aromatic rings. The van der Waals surface area contributed by atoms with Crippen molar-refractivity contribution in [3.05, 3.63) is 64.8 Å². The normalized spacial score (nSPS) is 14.4. The molecule has 35 heavy (non-hydrogen) atoms. The van der Waals surface area contributed by atoms with E-state index in [1.54, 1.807) is 19.2 Å². The first-order valence-corrected chi connectivity index (χ1v) is 12.7. The first-order chi connectivity index (χ1) is 16.9. The molecule has 1 aliphatic rings. The zero-order valence-electron chi connectivity index (χ0n) is 21.0. The van der Waals surface area contributed by atoms with Crippen LogP contribution in [0.4, 0.5) is 0 Å². The van der Waals surface area contributed by atoms with Gasteiger partial charge in [-0.15, -0.1) is 0 Å². The fraction of sp³-hybridized carbons (Fsp3) is 0.448. The zero-order valence-corrected chi connectivity index (χ0v) is 21.0. The molecule has 1 aliphatic heterocycles. The van der Waals surface area contributed by atoms with Gasteiger partial charge in [0, 0.05) is 42.7 Å². The lowest BCUT2D eigenvalue weighted by atomic mass is 9.96. The van der Waals surface area contributed by atoms with Gasteiger partial charge in [-0.05, 0) is 79.5 Å². The summed E-state index contributed by atoms with van der Waals surface area (Å²) in [5.41, 5.74) is 4.90. The topological polar surface area (TPSA) is 71.8 Å². The van der Waals surface area contributed by atoms with Crippen molar-refractivity contribution in [2.75, 3.05) is 20.2 Å². The van der Waals surface area contributed by atoms with Crippen LogP contribution in [0.15, 0.2) is 42.6 Å². The highest BCUT2D eigenvalue weighted by Crippen LogP contribution is 2.28. The number of carbonyl (C=O) groups is 2. The van der Waals surface area contributed by atoms with Crippen LogP contribution < -0.4 is 4.74 Å². The number of hydrogen-bond acceptors (Lipinski definition) is 3. The van der Waals surface area contributed by atoms with Gasteiger partial charge >= 0.3 is 5.97 Å². The number of benzene rings is 2. The van der Waals surface area contributed by atoms with E-state index in [9.17, 15) is 14.7 Å². The first kappa shape index (κ1) is 24.8. The van der Waals surface area contributed by atoms with Gasteiger partial charge in [-0.1, -0.05) is 26.0 Å². The number of amides is 1. The number of carboxylic acid groups (broad SMARTS) is 1. The third-order valence-corrected chi connectivity index (χ3v) is 7.07. The number of ether oxygens (including phenoxy) is 1. The summed E-state index contributed by atoms with van der Waals surface area (Å²) in [5.74, 6) is -0.105. The van der Waals surface area contributed by atoms with Gasteiger partial charge in [0.25, 0.3) is 0 Å². The van der Waals surface area contributed by atoms with E-state index in [2.05, 4.69) is 35.9 Å². The summed E-state index contributed by atoms with van der Waals surface area (Å²) in [4.78, 5) is 26.2. The van der Waals surface area contributed by atoms with Gasteiger partial charge in [-0.25, -0.2) is 4.79 Å². The number of methoxy groups -OCH3 is 1. The molecular weight excluding hydrogens is 440 g/mol. The van der Waals surface area contributed by atoms with Crippen molar-refractivity contribution in [1.82, 2.24) is 9.47 Å². The van der Waals surface area contributed by atoms with Crippen LogP contribution in [0.3, 0.4) is 0 Å². The maximum Gasteiger partial charge on any atom is 0.335 e. The molecule has 0 bridgehead atoms. The van der Waals surface area contributed by atoms with Crippen LogP contribution in [0, 0.1) is 5.92 Å². The predicted molar refractivity (Wildman–Crippen MR) is 138 cm³/mol. The number of hydrogen-bond donors (Lipinski definition) is 1. The Balaban J connectivity index is 1.57. The van der Waals surface area contributed by atoms with E-state index in [-0.39, 0.29) is 17.4 Å². The molecule has 186 valence electrons. The summed E-state index contributed by atoms with van der Waals surface area (Å²) >= 11 is 0.